The van der Waals surface area contributed by atoms with Crippen LogP contribution in [0.25, 0.3) is 0 Å². The lowest BCUT2D eigenvalue weighted by molar-refractivity contribution is -0.130. The van der Waals surface area contributed by atoms with Crippen LogP contribution in [0.1, 0.15) is 13.8 Å². The Balaban J connectivity index is 2.52. The number of carbonyl (C=O) groups excluding carboxylic acids is 1. The maximum atomic E-state index is 10.0. The molecule has 0 amide bonds. The molecule has 3 heteroatoms. The van der Waals surface area contributed by atoms with E-state index in [-0.39, 0.29) is 11.5 Å². The molecular weight excluding hydrogens is 208 g/mol. The molecule has 0 bridgehead atoms. The minimum Gasteiger partial charge on any atom is -0.463 e. The molecule has 2 nitrogen and oxygen atoms in total. The molecule has 0 heterocycles. The molecule has 0 N–H and O–H groups in total. The van der Waals surface area contributed by atoms with Crippen LogP contribution in [0.4, 0.5) is 0 Å². The Morgan fingerprint density at radius 2 is 2.18 bits per heavy atom. The predicted molar refractivity (Wildman–Crippen MR) is 46.3 cm³/mol. The van der Waals surface area contributed by atoms with E-state index >= 15 is 0 Å². The summed E-state index contributed by atoms with van der Waals surface area (Å²) in [5.74, 6) is 0.368. The van der Waals surface area contributed by atoms with Crippen molar-refractivity contribution in [3.63, 3.8) is 0 Å². The van der Waals surface area contributed by atoms with Crippen LogP contribution in [0, 0.1) is 11.3 Å². The first-order valence-electron chi connectivity index (χ1n) is 3.50. The van der Waals surface area contributed by atoms with Crippen LogP contribution in [-0.4, -0.2) is 12.6 Å². The van der Waals surface area contributed by atoms with E-state index in [0.29, 0.717) is 12.4 Å². The van der Waals surface area contributed by atoms with Crippen LogP contribution in [0.5, 0.6) is 0 Å². The lowest BCUT2D eigenvalue weighted by Crippen LogP contribution is -1.98. The van der Waals surface area contributed by atoms with Gasteiger partial charge in [0.1, 0.15) is 6.10 Å². The highest BCUT2D eigenvalue weighted by Crippen LogP contribution is 2.54. The van der Waals surface area contributed by atoms with Crippen molar-refractivity contribution < 1.29 is 9.53 Å². The Morgan fingerprint density at radius 1 is 1.55 bits per heavy atom. The maximum Gasteiger partial charge on any atom is 0.293 e. The van der Waals surface area contributed by atoms with E-state index in [1.165, 1.54) is 0 Å². The molecule has 1 fully saturated rings. The van der Waals surface area contributed by atoms with Gasteiger partial charge >= 0.3 is 0 Å². The molecule has 62 valence electrons. The molecule has 0 saturated heterocycles. The zero-order valence-corrected chi connectivity index (χ0v) is 8.17. The average molecular weight is 219 g/mol. The fraction of sp³-hybridized carbons (Fsp3) is 0.625. The molecule has 2 atom stereocenters. The average Bonchev–Trinajstić information content (AvgIpc) is 2.41. The van der Waals surface area contributed by atoms with Crippen molar-refractivity contribution in [2.24, 2.45) is 11.3 Å². The summed E-state index contributed by atoms with van der Waals surface area (Å²) in [6, 6.07) is 0. The summed E-state index contributed by atoms with van der Waals surface area (Å²) < 4.78 is 4.88. The largest absolute Gasteiger partial charge is 0.463 e. The van der Waals surface area contributed by atoms with Crippen LogP contribution < -0.4 is 0 Å². The van der Waals surface area contributed by atoms with E-state index in [1.807, 2.05) is 11.1 Å². The standard InChI is InChI=1S/C8H11BrO2/c1-8(2)6(3-4-9)7(8)11-5-10/h3-7H,1-2H3/b4-3+/t6?,7-/m1/s1. The maximum absolute atomic E-state index is 10.0. The summed E-state index contributed by atoms with van der Waals surface area (Å²) in [4.78, 5) is 11.8. The van der Waals surface area contributed by atoms with E-state index in [9.17, 15) is 4.79 Å². The third kappa shape index (κ3) is 1.48. The van der Waals surface area contributed by atoms with Crippen molar-refractivity contribution >= 4 is 22.4 Å². The number of hydrogen-bond acceptors (Lipinski definition) is 2. The lowest BCUT2D eigenvalue weighted by atomic mass is 10.1. The Morgan fingerprint density at radius 3 is 2.64 bits per heavy atom. The van der Waals surface area contributed by atoms with Gasteiger partial charge in [0.05, 0.1) is 0 Å². The van der Waals surface area contributed by atoms with Gasteiger partial charge in [0.2, 0.25) is 0 Å². The summed E-state index contributed by atoms with van der Waals surface area (Å²) in [5, 5.41) is 0. The second-order valence-electron chi connectivity index (χ2n) is 3.32. The van der Waals surface area contributed by atoms with Gasteiger partial charge in [-0.2, -0.15) is 0 Å². The SMILES string of the molecule is CC1(C)C(/C=C/Br)[C@H]1OC=O. The first kappa shape index (κ1) is 8.78. The van der Waals surface area contributed by atoms with Crippen LogP contribution in [0.15, 0.2) is 11.1 Å². The number of rotatable bonds is 3. The second-order valence-corrected chi connectivity index (χ2v) is 3.85. The Bertz CT molecular complexity index is 187. The summed E-state index contributed by atoms with van der Waals surface area (Å²) in [7, 11) is 0. The summed E-state index contributed by atoms with van der Waals surface area (Å²) >= 11 is 3.20. The molecule has 0 aromatic carbocycles. The van der Waals surface area contributed by atoms with Gasteiger partial charge in [-0.05, 0) is 4.99 Å². The van der Waals surface area contributed by atoms with Gasteiger partial charge in [0.15, 0.2) is 0 Å². The highest BCUT2D eigenvalue weighted by molar-refractivity contribution is 9.11. The van der Waals surface area contributed by atoms with E-state index in [4.69, 9.17) is 4.74 Å². The third-order valence-corrected chi connectivity index (χ3v) is 2.60. The molecular formula is C8H11BrO2. The predicted octanol–water partition coefficient (Wildman–Crippen LogP) is 2.09. The Labute approximate surface area is 74.7 Å². The van der Waals surface area contributed by atoms with Crippen LogP contribution in [0.2, 0.25) is 0 Å². The number of hydrogen-bond donors (Lipinski definition) is 0. The summed E-state index contributed by atoms with van der Waals surface area (Å²) in [6.07, 6.45) is 2.07. The Kier molecular flexibility index (Phi) is 2.37. The molecule has 11 heavy (non-hydrogen) atoms. The van der Waals surface area contributed by atoms with Crippen molar-refractivity contribution in [1.82, 2.24) is 0 Å². The van der Waals surface area contributed by atoms with Crippen molar-refractivity contribution in [3.05, 3.63) is 11.1 Å². The molecule has 0 aliphatic heterocycles. The molecule has 1 saturated carbocycles. The monoisotopic (exact) mass is 218 g/mol. The highest BCUT2D eigenvalue weighted by Gasteiger charge is 2.58. The van der Waals surface area contributed by atoms with Crippen LogP contribution in [-0.2, 0) is 9.53 Å². The van der Waals surface area contributed by atoms with Crippen LogP contribution in [0.3, 0.4) is 0 Å². The third-order valence-electron chi connectivity index (χ3n) is 2.29. The fourth-order valence-electron chi connectivity index (χ4n) is 1.38. The fourth-order valence-corrected chi connectivity index (χ4v) is 1.71. The molecule has 1 aliphatic carbocycles. The van der Waals surface area contributed by atoms with Gasteiger partial charge in [-0.25, -0.2) is 0 Å². The van der Waals surface area contributed by atoms with E-state index in [0.717, 1.165) is 0 Å². The summed E-state index contributed by atoms with van der Waals surface area (Å²) in [6.45, 7) is 4.69. The number of halogens is 1. The lowest BCUT2D eigenvalue weighted by Gasteiger charge is -1.97. The first-order chi connectivity index (χ1) is 5.14. The zero-order chi connectivity index (χ0) is 8.48. The van der Waals surface area contributed by atoms with Crippen molar-refractivity contribution in [1.29, 1.82) is 0 Å². The topological polar surface area (TPSA) is 26.3 Å². The highest BCUT2D eigenvalue weighted by atomic mass is 79.9. The minimum atomic E-state index is 0.0637. The normalized spacial score (nSPS) is 33.7. The smallest absolute Gasteiger partial charge is 0.293 e. The number of ether oxygens (including phenoxy) is 1. The molecule has 0 aromatic heterocycles. The molecule has 0 radical (unpaired) electrons. The molecule has 0 aromatic rings. The molecule has 1 unspecified atom stereocenters. The molecule has 1 rings (SSSR count). The molecule has 0 spiro atoms. The van der Waals surface area contributed by atoms with E-state index in [1.54, 1.807) is 0 Å². The summed E-state index contributed by atoms with van der Waals surface area (Å²) in [5.41, 5.74) is 0.116. The Hall–Kier alpha value is -0.310. The van der Waals surface area contributed by atoms with Gasteiger partial charge < -0.3 is 4.74 Å². The van der Waals surface area contributed by atoms with Gasteiger partial charge in [0, 0.05) is 11.3 Å². The van der Waals surface area contributed by atoms with E-state index < -0.39 is 0 Å². The first-order valence-corrected chi connectivity index (χ1v) is 4.42. The van der Waals surface area contributed by atoms with Crippen molar-refractivity contribution in [3.8, 4) is 0 Å². The quantitative estimate of drug-likeness (QED) is 0.679. The molecule has 1 aliphatic rings. The van der Waals surface area contributed by atoms with Crippen LogP contribution >= 0.6 is 15.9 Å². The van der Waals surface area contributed by atoms with Crippen molar-refractivity contribution in [2.75, 3.05) is 0 Å². The van der Waals surface area contributed by atoms with Gasteiger partial charge in [-0.3, -0.25) is 4.79 Å². The van der Waals surface area contributed by atoms with Gasteiger partial charge in [0.25, 0.3) is 6.47 Å². The minimum absolute atomic E-state index is 0.0637. The van der Waals surface area contributed by atoms with Gasteiger partial charge in [-0.1, -0.05) is 35.9 Å². The zero-order valence-electron chi connectivity index (χ0n) is 6.58. The van der Waals surface area contributed by atoms with E-state index in [2.05, 4.69) is 29.8 Å². The van der Waals surface area contributed by atoms with Crippen molar-refractivity contribution in [2.45, 2.75) is 20.0 Å². The number of carbonyl (C=O) groups is 1. The second kappa shape index (κ2) is 2.97. The van der Waals surface area contributed by atoms with Gasteiger partial charge in [-0.15, -0.1) is 0 Å².